The minimum atomic E-state index is -4.07. The van der Waals surface area contributed by atoms with Crippen LogP contribution in [0.15, 0.2) is 83.8 Å². The molecule has 3 rings (SSSR count). The number of benzene rings is 3. The average Bonchev–Trinajstić information content (AvgIpc) is 2.89. The van der Waals surface area contributed by atoms with Crippen molar-refractivity contribution in [2.75, 3.05) is 17.9 Å². The van der Waals surface area contributed by atoms with Crippen molar-refractivity contribution < 1.29 is 18.0 Å². The van der Waals surface area contributed by atoms with Gasteiger partial charge < -0.3 is 10.2 Å². The molecule has 7 nitrogen and oxygen atoms in total. The largest absolute Gasteiger partial charge is 0.357 e. The first kappa shape index (κ1) is 26.9. The summed E-state index contributed by atoms with van der Waals surface area (Å²) in [4.78, 5) is 28.1. The molecule has 3 aromatic rings. The summed E-state index contributed by atoms with van der Waals surface area (Å²) in [5, 5.41) is 2.63. The van der Waals surface area contributed by atoms with Crippen LogP contribution in [0.5, 0.6) is 0 Å². The molecule has 0 unspecified atom stereocenters. The standard InChI is InChI=1S/C28H33N3O4S/c1-5-25(28(33)29-4)30(19-23-14-8-6-9-15-23)27(32)20-31(26-18-12-13-21(2)22(26)3)36(34,35)24-16-10-7-11-17-24/h6-18,25H,5,19-20H2,1-4H3,(H,29,33)/t25-/m0/s1. The van der Waals surface area contributed by atoms with E-state index in [0.717, 1.165) is 21.0 Å². The number of rotatable bonds is 10. The van der Waals surface area contributed by atoms with Gasteiger partial charge in [0.15, 0.2) is 0 Å². The van der Waals surface area contributed by atoms with Crippen LogP contribution in [0.2, 0.25) is 0 Å². The number of likely N-dealkylation sites (N-methyl/N-ethyl adjacent to an activating group) is 1. The van der Waals surface area contributed by atoms with Crippen molar-refractivity contribution in [3.05, 3.63) is 95.6 Å². The van der Waals surface area contributed by atoms with Gasteiger partial charge in [0, 0.05) is 13.6 Å². The number of hydrogen-bond donors (Lipinski definition) is 1. The number of carbonyl (C=O) groups excluding carboxylic acids is 2. The molecule has 3 aromatic carbocycles. The monoisotopic (exact) mass is 507 g/mol. The van der Waals surface area contributed by atoms with Crippen LogP contribution in [0.1, 0.15) is 30.0 Å². The van der Waals surface area contributed by atoms with Crippen LogP contribution in [0, 0.1) is 13.8 Å². The number of aryl methyl sites for hydroxylation is 1. The summed E-state index contributed by atoms with van der Waals surface area (Å²) in [6, 6.07) is 22.0. The molecule has 1 N–H and O–H groups in total. The fourth-order valence-corrected chi connectivity index (χ4v) is 5.60. The van der Waals surface area contributed by atoms with Crippen molar-refractivity contribution in [1.82, 2.24) is 10.2 Å². The lowest BCUT2D eigenvalue weighted by molar-refractivity contribution is -0.140. The van der Waals surface area contributed by atoms with Crippen molar-refractivity contribution in [1.29, 1.82) is 0 Å². The smallest absolute Gasteiger partial charge is 0.264 e. The van der Waals surface area contributed by atoms with Gasteiger partial charge in [-0.15, -0.1) is 0 Å². The van der Waals surface area contributed by atoms with Crippen LogP contribution >= 0.6 is 0 Å². The molecule has 0 radical (unpaired) electrons. The number of carbonyl (C=O) groups is 2. The van der Waals surface area contributed by atoms with Crippen LogP contribution < -0.4 is 9.62 Å². The number of amides is 2. The van der Waals surface area contributed by atoms with Crippen molar-refractivity contribution in [3.63, 3.8) is 0 Å². The molecule has 0 aliphatic carbocycles. The maximum Gasteiger partial charge on any atom is 0.264 e. The third kappa shape index (κ3) is 5.94. The second-order valence-corrected chi connectivity index (χ2v) is 10.5. The molecule has 0 heterocycles. The van der Waals surface area contributed by atoms with Crippen LogP contribution in [-0.4, -0.2) is 44.8 Å². The third-order valence-corrected chi connectivity index (χ3v) is 8.06. The molecule has 1 atom stereocenters. The number of nitrogens with zero attached hydrogens (tertiary/aromatic N) is 2. The molecular formula is C28H33N3O4S. The molecule has 0 fully saturated rings. The zero-order valence-corrected chi connectivity index (χ0v) is 22.0. The molecule has 2 amide bonds. The Balaban J connectivity index is 2.09. The summed E-state index contributed by atoms with van der Waals surface area (Å²) in [5.41, 5.74) is 2.95. The molecule has 0 spiro atoms. The van der Waals surface area contributed by atoms with E-state index in [9.17, 15) is 18.0 Å². The number of anilines is 1. The molecular weight excluding hydrogens is 474 g/mol. The first-order valence-electron chi connectivity index (χ1n) is 11.9. The Morgan fingerprint density at radius 3 is 2.08 bits per heavy atom. The second kappa shape index (κ2) is 11.9. The molecule has 8 heteroatoms. The van der Waals surface area contributed by atoms with E-state index >= 15 is 0 Å². The van der Waals surface area contributed by atoms with Crippen LogP contribution in [0.3, 0.4) is 0 Å². The van der Waals surface area contributed by atoms with E-state index in [2.05, 4.69) is 5.32 Å². The Bertz CT molecular complexity index is 1290. The first-order chi connectivity index (χ1) is 17.2. The Morgan fingerprint density at radius 1 is 0.889 bits per heavy atom. The first-order valence-corrected chi connectivity index (χ1v) is 13.3. The Labute approximate surface area is 213 Å². The fourth-order valence-electron chi connectivity index (χ4n) is 4.11. The summed E-state index contributed by atoms with van der Waals surface area (Å²) >= 11 is 0. The Kier molecular flexibility index (Phi) is 8.88. The van der Waals surface area contributed by atoms with Gasteiger partial charge in [0.2, 0.25) is 11.8 Å². The van der Waals surface area contributed by atoms with E-state index in [0.29, 0.717) is 12.1 Å². The molecule has 0 aliphatic heterocycles. The van der Waals surface area contributed by atoms with Crippen LogP contribution in [-0.2, 0) is 26.2 Å². The molecule has 0 aliphatic rings. The average molecular weight is 508 g/mol. The van der Waals surface area contributed by atoms with Gasteiger partial charge in [-0.2, -0.15) is 0 Å². The second-order valence-electron chi connectivity index (χ2n) is 8.59. The Hall–Kier alpha value is -3.65. The highest BCUT2D eigenvalue weighted by Gasteiger charge is 2.33. The normalized spacial score (nSPS) is 12.0. The van der Waals surface area contributed by atoms with Gasteiger partial charge in [0.25, 0.3) is 10.0 Å². The van der Waals surface area contributed by atoms with E-state index < -0.39 is 28.5 Å². The van der Waals surface area contributed by atoms with Crippen LogP contribution in [0.25, 0.3) is 0 Å². The highest BCUT2D eigenvalue weighted by molar-refractivity contribution is 7.92. The van der Waals surface area contributed by atoms with E-state index in [1.54, 1.807) is 30.3 Å². The van der Waals surface area contributed by atoms with Gasteiger partial charge >= 0.3 is 0 Å². The van der Waals surface area contributed by atoms with Crippen molar-refractivity contribution in [2.45, 2.75) is 44.7 Å². The zero-order valence-electron chi connectivity index (χ0n) is 21.1. The van der Waals surface area contributed by atoms with Gasteiger partial charge in [-0.05, 0) is 55.2 Å². The summed E-state index contributed by atoms with van der Waals surface area (Å²) < 4.78 is 28.8. The molecule has 0 saturated carbocycles. The SMILES string of the molecule is CC[C@@H](C(=O)NC)N(Cc1ccccc1)C(=O)CN(c1cccc(C)c1C)S(=O)(=O)c1ccccc1. The summed E-state index contributed by atoms with van der Waals surface area (Å²) in [5.74, 6) is -0.763. The number of hydrogen-bond acceptors (Lipinski definition) is 4. The highest BCUT2D eigenvalue weighted by atomic mass is 32.2. The lowest BCUT2D eigenvalue weighted by atomic mass is 10.1. The predicted octanol–water partition coefficient (Wildman–Crippen LogP) is 4.05. The molecule has 190 valence electrons. The van der Waals surface area contributed by atoms with Gasteiger partial charge in [0.1, 0.15) is 12.6 Å². The molecule has 0 bridgehead atoms. The molecule has 0 saturated heterocycles. The minimum absolute atomic E-state index is 0.0895. The Morgan fingerprint density at radius 2 is 1.50 bits per heavy atom. The lowest BCUT2D eigenvalue weighted by Gasteiger charge is -2.33. The summed E-state index contributed by atoms with van der Waals surface area (Å²) in [6.07, 6.45) is 0.382. The lowest BCUT2D eigenvalue weighted by Crippen LogP contribution is -2.51. The van der Waals surface area contributed by atoms with Crippen molar-refractivity contribution in [3.8, 4) is 0 Å². The maximum atomic E-state index is 13.9. The van der Waals surface area contributed by atoms with Gasteiger partial charge in [0.05, 0.1) is 10.6 Å². The molecule has 36 heavy (non-hydrogen) atoms. The predicted molar refractivity (Wildman–Crippen MR) is 142 cm³/mol. The van der Waals surface area contributed by atoms with Crippen molar-refractivity contribution >= 4 is 27.5 Å². The van der Waals surface area contributed by atoms with E-state index in [1.165, 1.54) is 24.1 Å². The molecule has 0 aromatic heterocycles. The van der Waals surface area contributed by atoms with E-state index in [1.807, 2.05) is 57.2 Å². The summed E-state index contributed by atoms with van der Waals surface area (Å²) in [7, 11) is -2.54. The topological polar surface area (TPSA) is 86.8 Å². The van der Waals surface area contributed by atoms with Crippen LogP contribution in [0.4, 0.5) is 5.69 Å². The summed E-state index contributed by atoms with van der Waals surface area (Å²) in [6.45, 7) is 5.30. The van der Waals surface area contributed by atoms with Gasteiger partial charge in [-0.25, -0.2) is 8.42 Å². The van der Waals surface area contributed by atoms with Crippen molar-refractivity contribution in [2.24, 2.45) is 0 Å². The van der Waals surface area contributed by atoms with E-state index in [-0.39, 0.29) is 17.3 Å². The fraction of sp³-hybridized carbons (Fsp3) is 0.286. The van der Waals surface area contributed by atoms with Gasteiger partial charge in [-0.1, -0.05) is 67.6 Å². The third-order valence-electron chi connectivity index (χ3n) is 6.28. The number of nitrogens with one attached hydrogen (secondary N) is 1. The van der Waals surface area contributed by atoms with Gasteiger partial charge in [-0.3, -0.25) is 13.9 Å². The quantitative estimate of drug-likeness (QED) is 0.449. The van der Waals surface area contributed by atoms with E-state index in [4.69, 9.17) is 0 Å². The number of sulfonamides is 1. The zero-order chi connectivity index (χ0) is 26.3. The minimum Gasteiger partial charge on any atom is -0.357 e. The highest BCUT2D eigenvalue weighted by Crippen LogP contribution is 2.29. The maximum absolute atomic E-state index is 13.9.